The van der Waals surface area contributed by atoms with Gasteiger partial charge in [0.2, 0.25) is 11.7 Å². The second-order valence-electron chi connectivity index (χ2n) is 7.38. The Kier molecular flexibility index (Phi) is 6.66. The second-order valence-corrected chi connectivity index (χ2v) is 8.14. The van der Waals surface area contributed by atoms with Crippen LogP contribution >= 0.6 is 11.5 Å². The third-order valence-electron chi connectivity index (χ3n) is 4.83. The van der Waals surface area contributed by atoms with Gasteiger partial charge in [0.05, 0.1) is 0 Å². The molecule has 1 aromatic heterocycles. The summed E-state index contributed by atoms with van der Waals surface area (Å²) >= 11 is 1.08. The zero-order chi connectivity index (χ0) is 23.4. The van der Waals surface area contributed by atoms with Crippen molar-refractivity contribution in [2.75, 3.05) is 25.0 Å². The number of ether oxygens (including phenoxy) is 2. The topological polar surface area (TPSA) is 117 Å². The Morgan fingerprint density at radius 1 is 1.12 bits per heavy atom. The Bertz CT molecular complexity index is 1190. The summed E-state index contributed by atoms with van der Waals surface area (Å²) in [7, 11) is 0. The molecule has 0 unspecified atom stereocenters. The maximum absolute atomic E-state index is 12.8. The molecule has 0 aliphatic carbocycles. The highest BCUT2D eigenvalue weighted by molar-refractivity contribution is 7.09. The molecule has 2 amide bonds. The van der Waals surface area contributed by atoms with Crippen molar-refractivity contribution in [1.82, 2.24) is 14.3 Å². The van der Waals surface area contributed by atoms with Gasteiger partial charge < -0.3 is 19.5 Å². The van der Waals surface area contributed by atoms with Gasteiger partial charge in [-0.05, 0) is 49.7 Å². The van der Waals surface area contributed by atoms with Crippen LogP contribution in [-0.2, 0) is 0 Å². The number of benzene rings is 2. The number of carbonyl (C=O) groups is 2. The Morgan fingerprint density at radius 2 is 1.85 bits per heavy atom. The van der Waals surface area contributed by atoms with Crippen LogP contribution in [0.2, 0.25) is 0 Å². The maximum Gasteiger partial charge on any atom is 0.257 e. The van der Waals surface area contributed by atoms with Gasteiger partial charge in [-0.15, -0.1) is 0 Å². The van der Waals surface area contributed by atoms with E-state index in [9.17, 15) is 9.59 Å². The predicted octanol–water partition coefficient (Wildman–Crippen LogP) is 3.35. The molecule has 0 atom stereocenters. The number of carbonyl (C=O) groups excluding carboxylic acids is 2. The number of hydrogen-bond donors (Lipinski definition) is 1. The molecule has 1 saturated heterocycles. The largest absolute Gasteiger partial charge is 0.457 e. The van der Waals surface area contributed by atoms with Crippen molar-refractivity contribution in [1.29, 1.82) is 0 Å². The summed E-state index contributed by atoms with van der Waals surface area (Å²) in [6.07, 6.45) is 1.03. The number of anilines is 1. The van der Waals surface area contributed by atoms with Crippen LogP contribution in [0.15, 0.2) is 54.8 Å². The van der Waals surface area contributed by atoms with E-state index in [0.717, 1.165) is 31.0 Å². The molecule has 1 fully saturated rings. The van der Waals surface area contributed by atoms with Crippen LogP contribution in [-0.4, -0.2) is 50.9 Å². The first kappa shape index (κ1) is 22.4. The fourth-order valence-electron chi connectivity index (χ4n) is 3.04. The Balaban J connectivity index is 1.54. The van der Waals surface area contributed by atoms with Gasteiger partial charge in [0.25, 0.3) is 11.8 Å². The van der Waals surface area contributed by atoms with E-state index in [1.807, 2.05) is 0 Å². The highest BCUT2D eigenvalue weighted by Crippen LogP contribution is 2.29. The average molecular weight is 468 g/mol. The Hall–Kier alpha value is -3.76. The number of nitrogens with zero attached hydrogens (tertiary/aromatic N) is 3. The smallest absolute Gasteiger partial charge is 0.257 e. The lowest BCUT2D eigenvalue weighted by molar-refractivity contribution is 0.0651. The van der Waals surface area contributed by atoms with E-state index in [2.05, 4.69) is 21.3 Å². The molecule has 0 spiro atoms. The van der Waals surface area contributed by atoms with E-state index in [0.29, 0.717) is 33.8 Å². The molecule has 2 heterocycles. The second kappa shape index (κ2) is 9.80. The van der Waals surface area contributed by atoms with Gasteiger partial charge in [0.1, 0.15) is 23.1 Å². The van der Waals surface area contributed by atoms with Crippen LogP contribution in [0.5, 0.6) is 17.2 Å². The van der Waals surface area contributed by atoms with Crippen LogP contribution in [0.25, 0.3) is 0 Å². The molecule has 3 N–H and O–H groups in total. The summed E-state index contributed by atoms with van der Waals surface area (Å²) in [6.45, 7) is 6.86. The third-order valence-corrected chi connectivity index (χ3v) is 5.55. The van der Waals surface area contributed by atoms with Gasteiger partial charge >= 0.3 is 0 Å². The molecule has 10 heteroatoms. The number of amides is 2. The van der Waals surface area contributed by atoms with E-state index in [4.69, 9.17) is 14.6 Å². The summed E-state index contributed by atoms with van der Waals surface area (Å²) in [5.41, 5.74) is 0.871. The van der Waals surface area contributed by atoms with Crippen molar-refractivity contribution < 1.29 is 24.2 Å². The number of likely N-dealkylation sites (tertiary alicyclic amines) is 1. The molecule has 1 aliphatic heterocycles. The first-order valence-electron chi connectivity index (χ1n) is 10.3. The molecule has 0 bridgehead atoms. The molecule has 170 valence electrons. The van der Waals surface area contributed by atoms with Crippen LogP contribution in [0.1, 0.15) is 33.0 Å². The lowest BCUT2D eigenvalue weighted by Gasteiger charge is -2.30. The molecular weight excluding hydrogens is 444 g/mol. The molecule has 3 aromatic rings. The van der Waals surface area contributed by atoms with Gasteiger partial charge in [-0.3, -0.25) is 14.9 Å². The highest BCUT2D eigenvalue weighted by Gasteiger charge is 2.21. The van der Waals surface area contributed by atoms with E-state index in [1.165, 1.54) is 6.07 Å². The summed E-state index contributed by atoms with van der Waals surface area (Å²) in [6, 6.07) is 11.5. The highest BCUT2D eigenvalue weighted by atomic mass is 32.1. The molecule has 33 heavy (non-hydrogen) atoms. The molecule has 1 aliphatic rings. The number of hydrogen-bond acceptors (Lipinski definition) is 7. The molecule has 9 nitrogen and oxygen atoms in total. The van der Waals surface area contributed by atoms with Gasteiger partial charge in [-0.25, -0.2) is 4.98 Å². The minimum Gasteiger partial charge on any atom is -0.457 e. The van der Waals surface area contributed by atoms with E-state index < -0.39 is 5.91 Å². The molecule has 4 rings (SSSR count). The van der Waals surface area contributed by atoms with Crippen LogP contribution in [0.4, 0.5) is 5.13 Å². The number of aromatic nitrogens is 2. The van der Waals surface area contributed by atoms with Gasteiger partial charge in [0.15, 0.2) is 5.76 Å². The average Bonchev–Trinajstić information content (AvgIpc) is 3.17. The van der Waals surface area contributed by atoms with Crippen LogP contribution in [0, 0.1) is 6.92 Å². The summed E-state index contributed by atoms with van der Waals surface area (Å²) in [5.74, 6) is 1.55. The van der Waals surface area contributed by atoms with E-state index >= 15 is 0 Å². The van der Waals surface area contributed by atoms with Crippen LogP contribution < -0.4 is 14.8 Å². The zero-order valence-electron chi connectivity index (χ0n) is 18.0. The number of nitrogens with one attached hydrogen (secondary N) is 1. The summed E-state index contributed by atoms with van der Waals surface area (Å²) < 4.78 is 15.5. The van der Waals surface area contributed by atoms with E-state index in [1.54, 1.807) is 48.2 Å². The minimum atomic E-state index is -0.409. The molecular formula is C23H23N4O5S+. The molecule has 2 aromatic carbocycles. The molecule has 0 radical (unpaired) electrons. The van der Waals surface area contributed by atoms with Gasteiger partial charge in [-0.2, -0.15) is 4.37 Å². The fourth-order valence-corrected chi connectivity index (χ4v) is 3.61. The maximum atomic E-state index is 12.8. The third kappa shape index (κ3) is 5.54. The SMILES string of the molecule is C=C(C[OH2+])Oc1cc(Oc2ccc(C(=O)N3CCC3)cc2)cc(C(=O)Nc2nc(C)ns2)c1. The summed E-state index contributed by atoms with van der Waals surface area (Å²) in [5, 5.41) is 10.5. The van der Waals surface area contributed by atoms with Gasteiger partial charge in [-0.1, -0.05) is 6.58 Å². The quantitative estimate of drug-likeness (QED) is 0.401. The van der Waals surface area contributed by atoms with Gasteiger partial charge in [0, 0.05) is 41.8 Å². The normalized spacial score (nSPS) is 12.6. The minimum absolute atomic E-state index is 0.00275. The lowest BCUT2D eigenvalue weighted by atomic mass is 10.1. The standard InChI is InChI=1S/C23H22N4O5S/c1-14(13-28)31-19-10-17(21(29)25-23-24-15(2)26-33-23)11-20(12-19)32-18-6-4-16(5-7-18)22(30)27-8-3-9-27/h4-7,10-12,28H,1,3,8-9,13H2,2H3,(H,24,25,26,29)/p+1. The molecule has 0 saturated carbocycles. The van der Waals surface area contributed by atoms with Crippen LogP contribution in [0.3, 0.4) is 0 Å². The monoisotopic (exact) mass is 467 g/mol. The van der Waals surface area contributed by atoms with Crippen molar-refractivity contribution in [3.8, 4) is 17.2 Å². The fraction of sp³-hybridized carbons (Fsp3) is 0.217. The Morgan fingerprint density at radius 3 is 2.45 bits per heavy atom. The predicted molar refractivity (Wildman–Crippen MR) is 124 cm³/mol. The van der Waals surface area contributed by atoms with Crippen molar-refractivity contribution in [3.05, 3.63) is 71.8 Å². The van der Waals surface area contributed by atoms with E-state index in [-0.39, 0.29) is 23.8 Å². The van der Waals surface area contributed by atoms with Crippen molar-refractivity contribution in [2.45, 2.75) is 13.3 Å². The van der Waals surface area contributed by atoms with Crippen molar-refractivity contribution >= 4 is 28.5 Å². The zero-order valence-corrected chi connectivity index (χ0v) is 18.8. The van der Waals surface area contributed by atoms with Crippen molar-refractivity contribution in [2.24, 2.45) is 0 Å². The first-order chi connectivity index (χ1) is 15.9. The summed E-state index contributed by atoms with van der Waals surface area (Å²) in [4.78, 5) is 31.0. The first-order valence-corrected chi connectivity index (χ1v) is 11.0. The Labute approximate surface area is 194 Å². The number of rotatable bonds is 8. The lowest BCUT2D eigenvalue weighted by Crippen LogP contribution is -2.41. The number of aryl methyl sites for hydroxylation is 1. The van der Waals surface area contributed by atoms with Crippen molar-refractivity contribution in [3.63, 3.8) is 0 Å².